The molecule has 0 amide bonds. The number of rotatable bonds is 6. The number of aryl methyl sites for hydroxylation is 2. The number of hydrogen-bond donors (Lipinski definition) is 0. The average molecular weight is 239 g/mol. The van der Waals surface area contributed by atoms with Gasteiger partial charge in [-0.15, -0.1) is 0 Å². The van der Waals surface area contributed by atoms with Crippen LogP contribution in [0.4, 0.5) is 0 Å². The van der Waals surface area contributed by atoms with Crippen LogP contribution in [-0.2, 0) is 29.5 Å². The van der Waals surface area contributed by atoms with Gasteiger partial charge in [0.15, 0.2) is 0 Å². The van der Waals surface area contributed by atoms with E-state index >= 15 is 0 Å². The molecule has 0 bridgehead atoms. The third-order valence-corrected chi connectivity index (χ3v) is 2.75. The van der Waals surface area contributed by atoms with E-state index in [2.05, 4.69) is 27.7 Å². The van der Waals surface area contributed by atoms with Gasteiger partial charge < -0.3 is 4.74 Å². The molecular weight excluding hydrogens is 218 g/mol. The van der Waals surface area contributed by atoms with Crippen LogP contribution in [0, 0.1) is 0 Å². The quantitative estimate of drug-likeness (QED) is 0.694. The summed E-state index contributed by atoms with van der Waals surface area (Å²) in [6.07, 6.45) is 1.37. The summed E-state index contributed by atoms with van der Waals surface area (Å²) < 4.78 is 6.51. The second-order valence-electron chi connectivity index (χ2n) is 4.17. The highest BCUT2D eigenvalue weighted by Gasteiger charge is 2.08. The molecular formula is C12H21N3O2. The van der Waals surface area contributed by atoms with Crippen LogP contribution in [0.3, 0.4) is 0 Å². The number of ether oxygens (including phenoxy) is 1. The normalized spacial score (nSPS) is 10.9. The molecule has 1 aromatic heterocycles. The Kier molecular flexibility index (Phi) is 5.15. The maximum atomic E-state index is 11.0. The van der Waals surface area contributed by atoms with E-state index in [0.29, 0.717) is 13.0 Å². The molecule has 0 aliphatic rings. The predicted molar refractivity (Wildman–Crippen MR) is 65.6 cm³/mol. The van der Waals surface area contributed by atoms with Crippen LogP contribution in [0.2, 0.25) is 0 Å². The van der Waals surface area contributed by atoms with Crippen LogP contribution in [0.25, 0.3) is 0 Å². The first-order valence-corrected chi connectivity index (χ1v) is 5.84. The number of esters is 1. The van der Waals surface area contributed by atoms with Crippen molar-refractivity contribution in [2.24, 2.45) is 7.05 Å². The molecule has 0 aromatic carbocycles. The second kappa shape index (κ2) is 6.39. The Bertz CT molecular complexity index is 374. The summed E-state index contributed by atoms with van der Waals surface area (Å²) in [5.74, 6) is -0.170. The fourth-order valence-corrected chi connectivity index (χ4v) is 1.63. The molecule has 0 aliphatic heterocycles. The summed E-state index contributed by atoms with van der Waals surface area (Å²) in [6.45, 7) is 3.58. The van der Waals surface area contributed by atoms with Gasteiger partial charge in [0.2, 0.25) is 0 Å². The minimum atomic E-state index is -0.170. The van der Waals surface area contributed by atoms with E-state index in [9.17, 15) is 4.79 Å². The smallest absolute Gasteiger partial charge is 0.306 e. The van der Waals surface area contributed by atoms with Gasteiger partial charge in [0, 0.05) is 20.1 Å². The number of carbonyl (C=O) groups is 1. The Hall–Kier alpha value is -1.36. The van der Waals surface area contributed by atoms with Crippen molar-refractivity contribution in [3.8, 4) is 0 Å². The molecule has 5 nitrogen and oxygen atoms in total. The molecule has 96 valence electrons. The number of aromatic nitrogens is 2. The SMILES string of the molecule is CCc1cc(CN(C)CCC(=O)OC)n(C)n1. The molecule has 0 N–H and O–H groups in total. The van der Waals surface area contributed by atoms with Gasteiger partial charge in [-0.25, -0.2) is 0 Å². The minimum Gasteiger partial charge on any atom is -0.469 e. The van der Waals surface area contributed by atoms with Crippen LogP contribution in [0.15, 0.2) is 6.07 Å². The van der Waals surface area contributed by atoms with Gasteiger partial charge >= 0.3 is 5.97 Å². The van der Waals surface area contributed by atoms with Crippen molar-refractivity contribution >= 4 is 5.97 Å². The van der Waals surface area contributed by atoms with Crippen molar-refractivity contribution in [1.82, 2.24) is 14.7 Å². The molecule has 1 aromatic rings. The number of nitrogens with zero attached hydrogens (tertiary/aromatic N) is 3. The monoisotopic (exact) mass is 239 g/mol. The Labute approximate surface area is 102 Å². The minimum absolute atomic E-state index is 0.170. The van der Waals surface area contributed by atoms with Crippen molar-refractivity contribution in [3.05, 3.63) is 17.5 Å². The van der Waals surface area contributed by atoms with E-state index in [1.165, 1.54) is 7.11 Å². The van der Waals surface area contributed by atoms with Gasteiger partial charge in [-0.3, -0.25) is 14.4 Å². The highest BCUT2D eigenvalue weighted by atomic mass is 16.5. The number of carbonyl (C=O) groups excluding carboxylic acids is 1. The summed E-state index contributed by atoms with van der Waals surface area (Å²) in [5.41, 5.74) is 2.26. The Morgan fingerprint density at radius 1 is 1.59 bits per heavy atom. The molecule has 0 aliphatic carbocycles. The maximum absolute atomic E-state index is 11.0. The highest BCUT2D eigenvalue weighted by molar-refractivity contribution is 5.69. The zero-order chi connectivity index (χ0) is 12.8. The molecule has 1 heterocycles. The molecule has 0 unspecified atom stereocenters. The maximum Gasteiger partial charge on any atom is 0.306 e. The van der Waals surface area contributed by atoms with Gasteiger partial charge in [0.1, 0.15) is 0 Å². The van der Waals surface area contributed by atoms with Crippen LogP contribution in [-0.4, -0.2) is 41.4 Å². The van der Waals surface area contributed by atoms with Crippen LogP contribution < -0.4 is 0 Å². The van der Waals surface area contributed by atoms with Gasteiger partial charge in [-0.1, -0.05) is 6.92 Å². The topological polar surface area (TPSA) is 47.4 Å². The van der Waals surface area contributed by atoms with Crippen molar-refractivity contribution in [2.75, 3.05) is 20.7 Å². The molecule has 0 spiro atoms. The Morgan fingerprint density at radius 3 is 2.82 bits per heavy atom. The second-order valence-corrected chi connectivity index (χ2v) is 4.17. The number of hydrogen-bond acceptors (Lipinski definition) is 4. The molecule has 0 saturated heterocycles. The van der Waals surface area contributed by atoms with Gasteiger partial charge in [0.25, 0.3) is 0 Å². The Balaban J connectivity index is 2.46. The molecule has 0 radical (unpaired) electrons. The first-order chi connectivity index (χ1) is 8.06. The largest absolute Gasteiger partial charge is 0.469 e. The van der Waals surface area contributed by atoms with Crippen LogP contribution >= 0.6 is 0 Å². The van der Waals surface area contributed by atoms with E-state index < -0.39 is 0 Å². The zero-order valence-electron chi connectivity index (χ0n) is 11.1. The van der Waals surface area contributed by atoms with Gasteiger partial charge in [-0.05, 0) is 19.5 Å². The fraction of sp³-hybridized carbons (Fsp3) is 0.667. The first kappa shape index (κ1) is 13.7. The van der Waals surface area contributed by atoms with Crippen molar-refractivity contribution in [3.63, 3.8) is 0 Å². The standard InChI is InChI=1S/C12H21N3O2/c1-5-10-8-11(15(3)13-10)9-14(2)7-6-12(16)17-4/h8H,5-7,9H2,1-4H3. The van der Waals surface area contributed by atoms with Crippen LogP contribution in [0.1, 0.15) is 24.7 Å². The predicted octanol–water partition coefficient (Wildman–Crippen LogP) is 0.977. The van der Waals surface area contributed by atoms with Gasteiger partial charge in [-0.2, -0.15) is 5.10 Å². The fourth-order valence-electron chi connectivity index (χ4n) is 1.63. The lowest BCUT2D eigenvalue weighted by molar-refractivity contribution is -0.140. The number of methoxy groups -OCH3 is 1. The molecule has 0 saturated carbocycles. The molecule has 17 heavy (non-hydrogen) atoms. The lowest BCUT2D eigenvalue weighted by Gasteiger charge is -2.15. The summed E-state index contributed by atoms with van der Waals surface area (Å²) in [5, 5.41) is 4.39. The molecule has 1 rings (SSSR count). The summed E-state index contributed by atoms with van der Waals surface area (Å²) >= 11 is 0. The third-order valence-electron chi connectivity index (χ3n) is 2.75. The van der Waals surface area contributed by atoms with E-state index in [1.54, 1.807) is 0 Å². The van der Waals surface area contributed by atoms with Crippen molar-refractivity contribution in [1.29, 1.82) is 0 Å². The van der Waals surface area contributed by atoms with Crippen LogP contribution in [0.5, 0.6) is 0 Å². The van der Waals surface area contributed by atoms with E-state index in [0.717, 1.165) is 24.4 Å². The summed E-state index contributed by atoms with van der Waals surface area (Å²) in [4.78, 5) is 13.1. The lowest BCUT2D eigenvalue weighted by atomic mass is 10.3. The average Bonchev–Trinajstić information content (AvgIpc) is 2.67. The van der Waals surface area contributed by atoms with E-state index in [-0.39, 0.29) is 5.97 Å². The van der Waals surface area contributed by atoms with E-state index in [1.807, 2.05) is 18.8 Å². The molecule has 0 atom stereocenters. The third kappa shape index (κ3) is 4.19. The first-order valence-electron chi connectivity index (χ1n) is 5.84. The Morgan fingerprint density at radius 2 is 2.29 bits per heavy atom. The summed E-state index contributed by atoms with van der Waals surface area (Å²) in [6, 6.07) is 2.11. The molecule has 0 fully saturated rings. The summed E-state index contributed by atoms with van der Waals surface area (Å²) in [7, 11) is 5.35. The molecule has 5 heteroatoms. The lowest BCUT2D eigenvalue weighted by Crippen LogP contribution is -2.23. The van der Waals surface area contributed by atoms with Gasteiger partial charge in [0.05, 0.1) is 24.9 Å². The van der Waals surface area contributed by atoms with Crippen molar-refractivity contribution in [2.45, 2.75) is 26.3 Å². The highest BCUT2D eigenvalue weighted by Crippen LogP contribution is 2.06. The van der Waals surface area contributed by atoms with E-state index in [4.69, 9.17) is 0 Å². The zero-order valence-corrected chi connectivity index (χ0v) is 11.1. The van der Waals surface area contributed by atoms with Crippen molar-refractivity contribution < 1.29 is 9.53 Å².